The number of ether oxygens (including phenoxy) is 2. The lowest BCUT2D eigenvalue weighted by Crippen LogP contribution is -2.52. The molecule has 12 nitrogen and oxygen atoms in total. The molecule has 284 valence electrons. The van der Waals surface area contributed by atoms with Crippen LogP contribution in [0.3, 0.4) is 0 Å². The number of amides is 1. The number of halogens is 1. The highest BCUT2D eigenvalue weighted by Gasteiger charge is 2.42. The fourth-order valence-electron chi connectivity index (χ4n) is 7.71. The van der Waals surface area contributed by atoms with Crippen LogP contribution < -0.4 is 9.46 Å². The van der Waals surface area contributed by atoms with E-state index in [1.165, 1.54) is 18.2 Å². The smallest absolute Gasteiger partial charge is 0.264 e. The molecular formula is C40H46FN7O5S. The van der Waals surface area contributed by atoms with Crippen molar-refractivity contribution in [3.63, 3.8) is 0 Å². The molecule has 0 aliphatic carbocycles. The zero-order chi connectivity index (χ0) is 38.7. The molecule has 2 aliphatic rings. The molecule has 0 spiro atoms. The van der Waals surface area contributed by atoms with Gasteiger partial charge in [-0.3, -0.25) is 9.78 Å². The molecule has 1 fully saturated rings. The molecule has 3 atom stereocenters. The van der Waals surface area contributed by atoms with Gasteiger partial charge in [-0.2, -0.15) is 9.37 Å². The number of rotatable bonds is 4. The minimum Gasteiger partial charge on any atom is -0.473 e. The lowest BCUT2D eigenvalue weighted by atomic mass is 9.92. The molecule has 7 rings (SSSR count). The third-order valence-electron chi connectivity index (χ3n) is 10.2. The SMILES string of the molecule is Cc1cccc(C)c1-c1nc2nc(c1F)OC[C@H]1[C@H](OC(C)C)CCC[C@@H](c3cnc4cc(C(C)(C)C)n(C)c4n3)N1C(=O)c1cccc(c1)S(=O)(=O)N2. The zero-order valence-corrected chi connectivity index (χ0v) is 32.7. The minimum absolute atomic E-state index is 0.112. The first kappa shape index (κ1) is 37.4. The number of aryl methyl sites for hydroxylation is 3. The van der Waals surface area contributed by atoms with Crippen LogP contribution in [0.4, 0.5) is 10.3 Å². The van der Waals surface area contributed by atoms with E-state index in [-0.39, 0.29) is 40.2 Å². The lowest BCUT2D eigenvalue weighted by molar-refractivity contribution is -0.0547. The molecule has 1 amide bonds. The van der Waals surface area contributed by atoms with Crippen LogP contribution in [-0.4, -0.2) is 68.6 Å². The van der Waals surface area contributed by atoms with E-state index in [0.717, 1.165) is 22.3 Å². The van der Waals surface area contributed by atoms with Crippen LogP contribution in [-0.2, 0) is 27.2 Å². The molecule has 0 unspecified atom stereocenters. The number of benzene rings is 2. The number of carbonyl (C=O) groups is 1. The van der Waals surface area contributed by atoms with Gasteiger partial charge >= 0.3 is 0 Å². The summed E-state index contributed by atoms with van der Waals surface area (Å²) in [7, 11) is -2.40. The topological polar surface area (TPSA) is 141 Å². The van der Waals surface area contributed by atoms with Gasteiger partial charge in [0.25, 0.3) is 21.8 Å². The Morgan fingerprint density at radius 2 is 1.74 bits per heavy atom. The van der Waals surface area contributed by atoms with Gasteiger partial charge in [-0.15, -0.1) is 0 Å². The normalized spacial score (nSPS) is 20.3. The van der Waals surface area contributed by atoms with E-state index in [1.54, 1.807) is 17.2 Å². The molecule has 1 N–H and O–H groups in total. The van der Waals surface area contributed by atoms with Crippen molar-refractivity contribution in [3.8, 4) is 17.1 Å². The Hall–Kier alpha value is -4.95. The van der Waals surface area contributed by atoms with Crippen molar-refractivity contribution in [2.24, 2.45) is 7.05 Å². The summed E-state index contributed by atoms with van der Waals surface area (Å²) in [5.41, 5.74) is 4.85. The van der Waals surface area contributed by atoms with Gasteiger partial charge in [0.1, 0.15) is 17.8 Å². The highest BCUT2D eigenvalue weighted by molar-refractivity contribution is 7.92. The van der Waals surface area contributed by atoms with Crippen molar-refractivity contribution in [1.82, 2.24) is 29.4 Å². The first-order valence-corrected chi connectivity index (χ1v) is 19.7. The second kappa shape index (κ2) is 14.0. The average Bonchev–Trinajstić information content (AvgIpc) is 3.34. The Labute approximate surface area is 315 Å². The number of hydrogen-bond acceptors (Lipinski definition) is 9. The number of hydrogen-bond donors (Lipinski definition) is 1. The first-order valence-electron chi connectivity index (χ1n) is 18.2. The van der Waals surface area contributed by atoms with Gasteiger partial charge in [-0.25, -0.2) is 23.1 Å². The quantitative estimate of drug-likeness (QED) is 0.202. The van der Waals surface area contributed by atoms with Crippen molar-refractivity contribution < 1.29 is 27.1 Å². The second-order valence-electron chi connectivity index (χ2n) is 15.5. The van der Waals surface area contributed by atoms with Crippen molar-refractivity contribution in [1.29, 1.82) is 0 Å². The number of sulfonamides is 1. The molecule has 5 aromatic rings. The van der Waals surface area contributed by atoms with Gasteiger partial charge in [-0.1, -0.05) is 45.0 Å². The average molecular weight is 756 g/mol. The number of carbonyl (C=O) groups excluding carboxylic acids is 1. The van der Waals surface area contributed by atoms with E-state index < -0.39 is 45.8 Å². The second-order valence-corrected chi connectivity index (χ2v) is 17.2. The third kappa shape index (κ3) is 6.92. The van der Waals surface area contributed by atoms with E-state index in [0.29, 0.717) is 36.2 Å². The van der Waals surface area contributed by atoms with Crippen molar-refractivity contribution in [3.05, 3.63) is 88.6 Å². The van der Waals surface area contributed by atoms with Gasteiger partial charge in [0.2, 0.25) is 11.8 Å². The lowest BCUT2D eigenvalue weighted by Gasteiger charge is -2.39. The van der Waals surface area contributed by atoms with Crippen LogP contribution in [0.5, 0.6) is 5.88 Å². The fraction of sp³-hybridized carbons (Fsp3) is 0.425. The van der Waals surface area contributed by atoms with E-state index in [9.17, 15) is 8.42 Å². The third-order valence-corrected chi connectivity index (χ3v) is 11.5. The van der Waals surface area contributed by atoms with Gasteiger partial charge in [-0.05, 0) is 82.3 Å². The largest absolute Gasteiger partial charge is 0.473 e. The maximum atomic E-state index is 16.7. The molecule has 14 heteroatoms. The first-order chi connectivity index (χ1) is 25.5. The predicted octanol–water partition coefficient (Wildman–Crippen LogP) is 7.20. The van der Waals surface area contributed by atoms with E-state index in [1.807, 2.05) is 63.6 Å². The number of aromatic nitrogens is 5. The summed E-state index contributed by atoms with van der Waals surface area (Å²) in [5, 5.41) is 0. The van der Waals surface area contributed by atoms with Crippen molar-refractivity contribution >= 4 is 33.0 Å². The summed E-state index contributed by atoms with van der Waals surface area (Å²) < 4.78 is 61.6. The Morgan fingerprint density at radius 1 is 1.02 bits per heavy atom. The van der Waals surface area contributed by atoms with Gasteiger partial charge in [0, 0.05) is 29.3 Å². The maximum Gasteiger partial charge on any atom is 0.264 e. The Balaban J connectivity index is 1.44. The Kier molecular flexibility index (Phi) is 9.71. The van der Waals surface area contributed by atoms with Crippen molar-refractivity contribution in [2.45, 2.75) is 102 Å². The number of nitrogens with zero attached hydrogens (tertiary/aromatic N) is 6. The molecule has 1 saturated heterocycles. The van der Waals surface area contributed by atoms with Crippen LogP contribution in [0.15, 0.2) is 59.6 Å². The molecule has 0 saturated carbocycles. The summed E-state index contributed by atoms with van der Waals surface area (Å²) in [4.78, 5) is 35.1. The predicted molar refractivity (Wildman–Crippen MR) is 203 cm³/mol. The standard InChI is InChI=1S/C40H46FN7O5S/c1-22(2)53-31-17-11-16-29(28-20-42-27-19-32(40(5,6)7)47(8)36(27)43-28)48-30(31)21-52-37-34(41)35(33-23(3)12-9-13-24(33)4)44-39(45-37)46-54(50,51)26-15-10-14-25(18-26)38(48)49/h9-10,12-15,18-20,22,29-31H,11,16-17,21H2,1-8H3,(H,44,45,46)/t29-,30-,31+/m0/s1. The van der Waals surface area contributed by atoms with Gasteiger partial charge < -0.3 is 18.9 Å². The van der Waals surface area contributed by atoms with E-state index in [2.05, 4.69) is 35.5 Å². The Morgan fingerprint density at radius 3 is 2.44 bits per heavy atom. The van der Waals surface area contributed by atoms with Gasteiger partial charge in [0.05, 0.1) is 41.1 Å². The van der Waals surface area contributed by atoms with E-state index in [4.69, 9.17) is 19.4 Å². The molecule has 3 aromatic heterocycles. The molecule has 2 aromatic carbocycles. The van der Waals surface area contributed by atoms with Crippen molar-refractivity contribution in [2.75, 3.05) is 11.3 Å². The molecular weight excluding hydrogens is 710 g/mol. The van der Waals surface area contributed by atoms with E-state index >= 15 is 9.18 Å². The summed E-state index contributed by atoms with van der Waals surface area (Å²) in [6.07, 6.45) is 2.72. The highest BCUT2D eigenvalue weighted by Crippen LogP contribution is 2.39. The summed E-state index contributed by atoms with van der Waals surface area (Å²) in [5.74, 6) is -2.14. The van der Waals surface area contributed by atoms with Crippen LogP contribution in [0.25, 0.3) is 22.4 Å². The minimum atomic E-state index is -4.36. The molecule has 0 radical (unpaired) electrons. The summed E-state index contributed by atoms with van der Waals surface area (Å²) in [6, 6.07) is 12.0. The Bertz CT molecular complexity index is 2350. The molecule has 4 bridgehead atoms. The molecule has 2 aliphatic heterocycles. The maximum absolute atomic E-state index is 16.7. The van der Waals surface area contributed by atoms with Crippen LogP contribution in [0.2, 0.25) is 0 Å². The highest BCUT2D eigenvalue weighted by atomic mass is 32.2. The van der Waals surface area contributed by atoms with Crippen LogP contribution in [0, 0.1) is 19.7 Å². The fourth-order valence-corrected chi connectivity index (χ4v) is 8.70. The molecule has 54 heavy (non-hydrogen) atoms. The van der Waals surface area contributed by atoms with Crippen LogP contribution >= 0.6 is 0 Å². The zero-order valence-electron chi connectivity index (χ0n) is 31.8. The van der Waals surface area contributed by atoms with Crippen LogP contribution in [0.1, 0.15) is 92.8 Å². The number of fused-ring (bicyclic) bond motifs is 6. The number of anilines is 1. The van der Waals surface area contributed by atoms with Gasteiger partial charge in [0.15, 0.2) is 5.65 Å². The molecule has 5 heterocycles. The number of nitrogens with one attached hydrogen (secondary N) is 1. The summed E-state index contributed by atoms with van der Waals surface area (Å²) in [6.45, 7) is 13.6. The monoisotopic (exact) mass is 755 g/mol. The summed E-state index contributed by atoms with van der Waals surface area (Å²) >= 11 is 0.